The Labute approximate surface area is 136 Å². The first kappa shape index (κ1) is 15.7. The van der Waals surface area contributed by atoms with E-state index in [0.29, 0.717) is 16.3 Å². The van der Waals surface area contributed by atoms with Crippen LogP contribution in [0.2, 0.25) is 5.02 Å². The molecule has 2 aromatic carbocycles. The van der Waals surface area contributed by atoms with E-state index in [1.807, 2.05) is 12.1 Å². The summed E-state index contributed by atoms with van der Waals surface area (Å²) in [5.74, 6) is -0.335. The third kappa shape index (κ3) is 4.69. The average molecular weight is 367 g/mol. The van der Waals surface area contributed by atoms with Gasteiger partial charge in [0.1, 0.15) is 0 Å². The van der Waals surface area contributed by atoms with E-state index in [1.165, 1.54) is 0 Å². The van der Waals surface area contributed by atoms with Gasteiger partial charge in [0, 0.05) is 28.6 Å². The normalized spacial score (nSPS) is 10.2. The number of ketones is 1. The molecule has 0 spiro atoms. The largest absolute Gasteiger partial charge is 0.326 e. The zero-order valence-electron chi connectivity index (χ0n) is 11.1. The molecule has 0 aliphatic rings. The number of carbonyl (C=O) groups is 2. The third-order valence-corrected chi connectivity index (χ3v) is 3.68. The molecule has 0 aliphatic carbocycles. The Morgan fingerprint density at radius 1 is 1.05 bits per heavy atom. The molecule has 2 rings (SSSR count). The van der Waals surface area contributed by atoms with Crippen LogP contribution in [-0.2, 0) is 4.79 Å². The van der Waals surface area contributed by atoms with Gasteiger partial charge in [-0.2, -0.15) is 0 Å². The van der Waals surface area contributed by atoms with Crippen LogP contribution >= 0.6 is 27.5 Å². The maximum absolute atomic E-state index is 12.0. The molecular weight excluding hydrogens is 354 g/mol. The lowest BCUT2D eigenvalue weighted by Gasteiger charge is -2.06. The van der Waals surface area contributed by atoms with Crippen LogP contribution in [0.4, 0.5) is 5.69 Å². The molecule has 0 saturated carbocycles. The monoisotopic (exact) mass is 365 g/mol. The summed E-state index contributed by atoms with van der Waals surface area (Å²) < 4.78 is 0.882. The van der Waals surface area contributed by atoms with E-state index in [2.05, 4.69) is 21.2 Å². The van der Waals surface area contributed by atoms with Gasteiger partial charge < -0.3 is 5.32 Å². The zero-order valence-corrected chi connectivity index (χ0v) is 13.4. The summed E-state index contributed by atoms with van der Waals surface area (Å²) in [6.45, 7) is 0. The van der Waals surface area contributed by atoms with Gasteiger partial charge in [-0.1, -0.05) is 45.7 Å². The van der Waals surface area contributed by atoms with Crippen LogP contribution in [0.25, 0.3) is 0 Å². The molecule has 0 unspecified atom stereocenters. The van der Waals surface area contributed by atoms with Crippen molar-refractivity contribution in [1.82, 2.24) is 0 Å². The minimum atomic E-state index is -0.200. The van der Waals surface area contributed by atoms with Crippen molar-refractivity contribution in [2.24, 2.45) is 0 Å². The van der Waals surface area contributed by atoms with Crippen LogP contribution in [0.5, 0.6) is 0 Å². The molecule has 0 saturated heterocycles. The fourth-order valence-electron chi connectivity index (χ4n) is 1.84. The van der Waals surface area contributed by atoms with Gasteiger partial charge in [-0.3, -0.25) is 9.59 Å². The van der Waals surface area contributed by atoms with Crippen molar-refractivity contribution in [2.45, 2.75) is 12.8 Å². The van der Waals surface area contributed by atoms with Crippen molar-refractivity contribution < 1.29 is 9.59 Å². The molecule has 0 radical (unpaired) electrons. The number of nitrogens with one attached hydrogen (secondary N) is 1. The van der Waals surface area contributed by atoms with Crippen molar-refractivity contribution in [2.75, 3.05) is 5.32 Å². The minimum absolute atomic E-state index is 0.122. The van der Waals surface area contributed by atoms with E-state index in [1.54, 1.807) is 36.4 Å². The topological polar surface area (TPSA) is 46.2 Å². The molecule has 21 heavy (non-hydrogen) atoms. The molecule has 5 heteroatoms. The molecule has 3 nitrogen and oxygen atoms in total. The second-order valence-corrected chi connectivity index (χ2v) is 5.78. The highest BCUT2D eigenvalue weighted by molar-refractivity contribution is 9.10. The van der Waals surface area contributed by atoms with Crippen LogP contribution in [0, 0.1) is 0 Å². The molecule has 0 aromatic heterocycles. The van der Waals surface area contributed by atoms with E-state index < -0.39 is 0 Å². The summed E-state index contributed by atoms with van der Waals surface area (Å²) in [5, 5.41) is 3.16. The molecular formula is C16H13BrClNO2. The zero-order chi connectivity index (χ0) is 15.2. The molecule has 108 valence electrons. The Morgan fingerprint density at radius 2 is 1.81 bits per heavy atom. The van der Waals surface area contributed by atoms with Crippen LogP contribution in [0.1, 0.15) is 23.2 Å². The van der Waals surface area contributed by atoms with Gasteiger partial charge in [0.15, 0.2) is 5.78 Å². The predicted octanol–water partition coefficient (Wildman–Crippen LogP) is 4.70. The minimum Gasteiger partial charge on any atom is -0.326 e. The summed E-state index contributed by atoms with van der Waals surface area (Å²) in [4.78, 5) is 23.8. The fourth-order valence-corrected chi connectivity index (χ4v) is 2.48. The first-order chi connectivity index (χ1) is 10.1. The van der Waals surface area contributed by atoms with Crippen LogP contribution in [0.3, 0.4) is 0 Å². The van der Waals surface area contributed by atoms with Crippen LogP contribution < -0.4 is 5.32 Å². The number of carbonyl (C=O) groups excluding carboxylic acids is 2. The van der Waals surface area contributed by atoms with Crippen molar-refractivity contribution in [3.63, 3.8) is 0 Å². The lowest BCUT2D eigenvalue weighted by molar-refractivity contribution is -0.116. The second kappa shape index (κ2) is 7.38. The lowest BCUT2D eigenvalue weighted by atomic mass is 10.1. The molecule has 0 heterocycles. The highest BCUT2D eigenvalue weighted by atomic mass is 79.9. The SMILES string of the molecule is O=C(CCC(=O)c1ccccc1Cl)Nc1cccc(Br)c1. The van der Waals surface area contributed by atoms with Gasteiger partial charge >= 0.3 is 0 Å². The average Bonchev–Trinajstić information content (AvgIpc) is 2.45. The standard InChI is InChI=1S/C16H13BrClNO2/c17-11-4-3-5-12(10-11)19-16(21)9-8-15(20)13-6-1-2-7-14(13)18/h1-7,10H,8-9H2,(H,19,21). The summed E-state index contributed by atoms with van der Waals surface area (Å²) in [6.07, 6.45) is 0.250. The lowest BCUT2D eigenvalue weighted by Crippen LogP contribution is -2.13. The first-order valence-electron chi connectivity index (χ1n) is 6.39. The van der Waals surface area contributed by atoms with Crippen LogP contribution in [-0.4, -0.2) is 11.7 Å². The Morgan fingerprint density at radius 3 is 2.52 bits per heavy atom. The van der Waals surface area contributed by atoms with Gasteiger partial charge in [-0.15, -0.1) is 0 Å². The van der Waals surface area contributed by atoms with Gasteiger partial charge in [-0.25, -0.2) is 0 Å². The van der Waals surface area contributed by atoms with Crippen LogP contribution in [0.15, 0.2) is 53.0 Å². The molecule has 1 amide bonds. The van der Waals surface area contributed by atoms with Crippen molar-refractivity contribution in [3.05, 3.63) is 63.6 Å². The molecule has 0 atom stereocenters. The predicted molar refractivity (Wildman–Crippen MR) is 87.8 cm³/mol. The maximum atomic E-state index is 12.0. The fraction of sp³-hybridized carbons (Fsp3) is 0.125. The van der Waals surface area contributed by atoms with E-state index >= 15 is 0 Å². The number of rotatable bonds is 5. The number of benzene rings is 2. The Balaban J connectivity index is 1.90. The molecule has 2 aromatic rings. The number of hydrogen-bond donors (Lipinski definition) is 1. The van der Waals surface area contributed by atoms with Gasteiger partial charge in [0.2, 0.25) is 5.91 Å². The summed E-state index contributed by atoms with van der Waals surface area (Å²) in [6, 6.07) is 14.1. The highest BCUT2D eigenvalue weighted by Crippen LogP contribution is 2.18. The maximum Gasteiger partial charge on any atom is 0.224 e. The highest BCUT2D eigenvalue weighted by Gasteiger charge is 2.12. The van der Waals surface area contributed by atoms with Gasteiger partial charge in [0.25, 0.3) is 0 Å². The third-order valence-electron chi connectivity index (χ3n) is 2.86. The smallest absolute Gasteiger partial charge is 0.224 e. The van der Waals surface area contributed by atoms with Gasteiger partial charge in [-0.05, 0) is 30.3 Å². The quantitative estimate of drug-likeness (QED) is 0.779. The van der Waals surface area contributed by atoms with E-state index in [-0.39, 0.29) is 24.5 Å². The van der Waals surface area contributed by atoms with E-state index in [4.69, 9.17) is 11.6 Å². The number of halogens is 2. The Bertz CT molecular complexity index is 673. The van der Waals surface area contributed by atoms with E-state index in [9.17, 15) is 9.59 Å². The number of Topliss-reactive ketones (excluding diaryl/α,β-unsaturated/α-hetero) is 1. The first-order valence-corrected chi connectivity index (χ1v) is 7.56. The summed E-state index contributed by atoms with van der Waals surface area (Å²) in [7, 11) is 0. The molecule has 0 fully saturated rings. The Hall–Kier alpha value is -1.65. The van der Waals surface area contributed by atoms with E-state index in [0.717, 1.165) is 4.47 Å². The van der Waals surface area contributed by atoms with Crippen molar-refractivity contribution in [3.8, 4) is 0 Å². The molecule has 1 N–H and O–H groups in total. The van der Waals surface area contributed by atoms with Crippen molar-refractivity contribution in [1.29, 1.82) is 0 Å². The summed E-state index contributed by atoms with van der Waals surface area (Å²) >= 11 is 9.29. The number of anilines is 1. The number of amides is 1. The summed E-state index contributed by atoms with van der Waals surface area (Å²) in [5.41, 5.74) is 1.15. The number of hydrogen-bond acceptors (Lipinski definition) is 2. The van der Waals surface area contributed by atoms with Crippen molar-refractivity contribution >= 4 is 44.9 Å². The second-order valence-electron chi connectivity index (χ2n) is 4.46. The van der Waals surface area contributed by atoms with Gasteiger partial charge in [0.05, 0.1) is 5.02 Å². The Kier molecular flexibility index (Phi) is 5.53. The molecule has 0 bridgehead atoms. The molecule has 0 aliphatic heterocycles.